The van der Waals surface area contributed by atoms with Crippen LogP contribution >= 0.6 is 0 Å². The summed E-state index contributed by atoms with van der Waals surface area (Å²) in [5, 5.41) is 2.89. The Morgan fingerprint density at radius 3 is 2.80 bits per heavy atom. The SMILES string of the molecule is COc1ccccc1C(C)NC(=O)C=Cc1ccco1. The Kier molecular flexibility index (Phi) is 4.60. The number of amides is 1. The van der Waals surface area contributed by atoms with Gasteiger partial charge in [-0.25, -0.2) is 0 Å². The number of furan rings is 1. The third-order valence-electron chi connectivity index (χ3n) is 2.91. The molecule has 1 unspecified atom stereocenters. The highest BCUT2D eigenvalue weighted by molar-refractivity contribution is 5.91. The first-order valence-corrected chi connectivity index (χ1v) is 6.35. The van der Waals surface area contributed by atoms with Crippen molar-refractivity contribution in [3.05, 3.63) is 60.1 Å². The van der Waals surface area contributed by atoms with Crippen molar-refractivity contribution in [2.24, 2.45) is 0 Å². The molecule has 2 rings (SSSR count). The molecule has 2 aromatic rings. The summed E-state index contributed by atoms with van der Waals surface area (Å²) in [6.07, 6.45) is 4.64. The first-order valence-electron chi connectivity index (χ1n) is 6.35. The molecule has 1 aromatic heterocycles. The fourth-order valence-corrected chi connectivity index (χ4v) is 1.91. The predicted octanol–water partition coefficient (Wildman–Crippen LogP) is 3.18. The fraction of sp³-hybridized carbons (Fsp3) is 0.188. The molecule has 0 radical (unpaired) electrons. The van der Waals surface area contributed by atoms with E-state index in [0.717, 1.165) is 11.3 Å². The van der Waals surface area contributed by atoms with Gasteiger partial charge in [-0.1, -0.05) is 18.2 Å². The normalized spacial score (nSPS) is 12.3. The van der Waals surface area contributed by atoms with Gasteiger partial charge in [-0.3, -0.25) is 4.79 Å². The van der Waals surface area contributed by atoms with E-state index in [0.29, 0.717) is 5.76 Å². The van der Waals surface area contributed by atoms with E-state index in [9.17, 15) is 4.79 Å². The second-order valence-corrected chi connectivity index (χ2v) is 4.32. The van der Waals surface area contributed by atoms with E-state index >= 15 is 0 Å². The molecule has 1 amide bonds. The van der Waals surface area contributed by atoms with E-state index in [4.69, 9.17) is 9.15 Å². The summed E-state index contributed by atoms with van der Waals surface area (Å²) in [5.74, 6) is 1.22. The molecule has 20 heavy (non-hydrogen) atoms. The maximum Gasteiger partial charge on any atom is 0.244 e. The minimum absolute atomic E-state index is 0.139. The van der Waals surface area contributed by atoms with Crippen molar-refractivity contribution < 1.29 is 13.9 Å². The van der Waals surface area contributed by atoms with Crippen LogP contribution in [-0.2, 0) is 4.79 Å². The van der Waals surface area contributed by atoms with Crippen LogP contribution in [0.2, 0.25) is 0 Å². The van der Waals surface area contributed by atoms with E-state index in [1.54, 1.807) is 31.6 Å². The van der Waals surface area contributed by atoms with Crippen LogP contribution < -0.4 is 10.1 Å². The molecule has 1 atom stereocenters. The molecular formula is C16H17NO3. The monoisotopic (exact) mass is 271 g/mol. The van der Waals surface area contributed by atoms with Gasteiger partial charge in [0.15, 0.2) is 0 Å². The molecule has 4 nitrogen and oxygen atoms in total. The Morgan fingerprint density at radius 1 is 1.30 bits per heavy atom. The predicted molar refractivity (Wildman–Crippen MR) is 77.3 cm³/mol. The van der Waals surface area contributed by atoms with Crippen LogP contribution in [0, 0.1) is 0 Å². The van der Waals surface area contributed by atoms with Crippen LogP contribution in [0.3, 0.4) is 0 Å². The minimum Gasteiger partial charge on any atom is -0.496 e. The van der Waals surface area contributed by atoms with E-state index in [1.807, 2.05) is 31.2 Å². The minimum atomic E-state index is -0.181. The van der Waals surface area contributed by atoms with Crippen molar-refractivity contribution in [3.63, 3.8) is 0 Å². The third-order valence-corrected chi connectivity index (χ3v) is 2.91. The molecule has 1 heterocycles. The van der Waals surface area contributed by atoms with E-state index in [-0.39, 0.29) is 11.9 Å². The third kappa shape index (κ3) is 3.51. The van der Waals surface area contributed by atoms with Gasteiger partial charge in [-0.05, 0) is 31.2 Å². The van der Waals surface area contributed by atoms with Crippen molar-refractivity contribution in [1.82, 2.24) is 5.32 Å². The number of carbonyl (C=O) groups is 1. The van der Waals surface area contributed by atoms with Gasteiger partial charge in [0.25, 0.3) is 0 Å². The number of hydrogen-bond donors (Lipinski definition) is 1. The van der Waals surface area contributed by atoms with Gasteiger partial charge in [0.05, 0.1) is 19.4 Å². The Hall–Kier alpha value is -2.49. The average molecular weight is 271 g/mol. The Bertz CT molecular complexity index is 588. The molecule has 1 aromatic carbocycles. The number of hydrogen-bond acceptors (Lipinski definition) is 3. The van der Waals surface area contributed by atoms with Crippen molar-refractivity contribution in [2.45, 2.75) is 13.0 Å². The molecular weight excluding hydrogens is 254 g/mol. The second-order valence-electron chi connectivity index (χ2n) is 4.32. The zero-order valence-corrected chi connectivity index (χ0v) is 11.5. The molecule has 0 bridgehead atoms. The summed E-state index contributed by atoms with van der Waals surface area (Å²) < 4.78 is 10.4. The average Bonchev–Trinajstić information content (AvgIpc) is 2.98. The summed E-state index contributed by atoms with van der Waals surface area (Å²) >= 11 is 0. The van der Waals surface area contributed by atoms with Crippen LogP contribution in [0.5, 0.6) is 5.75 Å². The number of benzene rings is 1. The van der Waals surface area contributed by atoms with Crippen molar-refractivity contribution >= 4 is 12.0 Å². The lowest BCUT2D eigenvalue weighted by molar-refractivity contribution is -0.117. The van der Waals surface area contributed by atoms with Crippen molar-refractivity contribution in [2.75, 3.05) is 7.11 Å². The van der Waals surface area contributed by atoms with Crippen molar-refractivity contribution in [1.29, 1.82) is 0 Å². The van der Waals surface area contributed by atoms with Gasteiger partial charge in [-0.2, -0.15) is 0 Å². The molecule has 0 aliphatic rings. The van der Waals surface area contributed by atoms with E-state index in [2.05, 4.69) is 5.32 Å². The highest BCUT2D eigenvalue weighted by atomic mass is 16.5. The molecule has 0 saturated carbocycles. The summed E-state index contributed by atoms with van der Waals surface area (Å²) in [4.78, 5) is 11.8. The number of rotatable bonds is 5. The number of methoxy groups -OCH3 is 1. The Morgan fingerprint density at radius 2 is 2.10 bits per heavy atom. The number of para-hydroxylation sites is 1. The highest BCUT2D eigenvalue weighted by Gasteiger charge is 2.11. The van der Waals surface area contributed by atoms with Crippen LogP contribution in [0.4, 0.5) is 0 Å². The molecule has 0 saturated heterocycles. The summed E-state index contributed by atoms with van der Waals surface area (Å²) in [6, 6.07) is 11.0. The maximum atomic E-state index is 11.8. The first-order chi connectivity index (χ1) is 9.70. The van der Waals surface area contributed by atoms with E-state index < -0.39 is 0 Å². The lowest BCUT2D eigenvalue weighted by Crippen LogP contribution is -2.24. The quantitative estimate of drug-likeness (QED) is 0.850. The highest BCUT2D eigenvalue weighted by Crippen LogP contribution is 2.24. The maximum absolute atomic E-state index is 11.8. The van der Waals surface area contributed by atoms with Crippen LogP contribution in [0.15, 0.2) is 53.2 Å². The number of nitrogens with one attached hydrogen (secondary N) is 1. The van der Waals surface area contributed by atoms with Crippen LogP contribution in [-0.4, -0.2) is 13.0 Å². The van der Waals surface area contributed by atoms with Gasteiger partial charge in [-0.15, -0.1) is 0 Å². The lowest BCUT2D eigenvalue weighted by Gasteiger charge is -2.16. The van der Waals surface area contributed by atoms with Crippen LogP contribution in [0.1, 0.15) is 24.3 Å². The van der Waals surface area contributed by atoms with Gasteiger partial charge < -0.3 is 14.5 Å². The van der Waals surface area contributed by atoms with E-state index in [1.165, 1.54) is 6.08 Å². The molecule has 0 aliphatic heterocycles. The molecule has 0 aliphatic carbocycles. The lowest BCUT2D eigenvalue weighted by atomic mass is 10.1. The summed E-state index contributed by atoms with van der Waals surface area (Å²) in [7, 11) is 1.62. The standard InChI is InChI=1S/C16H17NO3/c1-12(14-7-3-4-8-15(14)19-2)17-16(18)10-9-13-6-5-11-20-13/h3-12H,1-2H3,(H,17,18). The smallest absolute Gasteiger partial charge is 0.244 e. The first kappa shape index (κ1) is 13.9. The number of ether oxygens (including phenoxy) is 1. The molecule has 104 valence electrons. The largest absolute Gasteiger partial charge is 0.496 e. The Balaban J connectivity index is 2.00. The molecule has 0 spiro atoms. The summed E-state index contributed by atoms with van der Waals surface area (Å²) in [6.45, 7) is 1.91. The van der Waals surface area contributed by atoms with Gasteiger partial charge in [0, 0.05) is 11.6 Å². The van der Waals surface area contributed by atoms with Crippen molar-refractivity contribution in [3.8, 4) is 5.75 Å². The topological polar surface area (TPSA) is 51.5 Å². The molecule has 0 fully saturated rings. The van der Waals surface area contributed by atoms with Gasteiger partial charge >= 0.3 is 0 Å². The van der Waals surface area contributed by atoms with Gasteiger partial charge in [0.2, 0.25) is 5.91 Å². The molecule has 1 N–H and O–H groups in total. The zero-order chi connectivity index (χ0) is 14.4. The fourth-order valence-electron chi connectivity index (χ4n) is 1.91. The molecule has 4 heteroatoms. The summed E-state index contributed by atoms with van der Waals surface area (Å²) in [5.41, 5.74) is 0.940. The zero-order valence-electron chi connectivity index (χ0n) is 11.5. The van der Waals surface area contributed by atoms with Gasteiger partial charge in [0.1, 0.15) is 11.5 Å². The number of carbonyl (C=O) groups excluding carboxylic acids is 1. The second kappa shape index (κ2) is 6.61. The van der Waals surface area contributed by atoms with Crippen LogP contribution in [0.25, 0.3) is 6.08 Å². The Labute approximate surface area is 118 Å².